The van der Waals surface area contributed by atoms with Crippen LogP contribution in [0.4, 0.5) is 5.95 Å². The van der Waals surface area contributed by atoms with E-state index in [0.717, 1.165) is 40.7 Å². The van der Waals surface area contributed by atoms with Gasteiger partial charge in [0.1, 0.15) is 0 Å². The number of benzene rings is 1. The fourth-order valence-electron chi connectivity index (χ4n) is 2.55. The van der Waals surface area contributed by atoms with E-state index in [4.69, 9.17) is 0 Å². The van der Waals surface area contributed by atoms with Crippen LogP contribution in [0.2, 0.25) is 0 Å². The SMILES string of the molecule is CSc1nc(NCCc2cnc[nH]2)n2nc(-c3ccccc3)cc2n1. The van der Waals surface area contributed by atoms with Crippen molar-refractivity contribution >= 4 is 23.4 Å². The zero-order chi connectivity index (χ0) is 17.1. The molecule has 0 radical (unpaired) electrons. The molecule has 126 valence electrons. The molecule has 0 aliphatic rings. The molecular formula is C17H17N7S. The Morgan fingerprint density at radius 1 is 1.20 bits per heavy atom. The van der Waals surface area contributed by atoms with Gasteiger partial charge >= 0.3 is 0 Å². The average Bonchev–Trinajstić information content (AvgIpc) is 3.31. The maximum atomic E-state index is 4.67. The van der Waals surface area contributed by atoms with Crippen molar-refractivity contribution in [2.75, 3.05) is 18.1 Å². The summed E-state index contributed by atoms with van der Waals surface area (Å²) in [4.78, 5) is 16.2. The molecule has 4 rings (SSSR count). The Labute approximate surface area is 148 Å². The van der Waals surface area contributed by atoms with Crippen LogP contribution in [-0.4, -0.2) is 42.4 Å². The third-order valence-corrected chi connectivity index (χ3v) is 4.34. The van der Waals surface area contributed by atoms with Crippen LogP contribution in [0.15, 0.2) is 54.1 Å². The van der Waals surface area contributed by atoms with E-state index < -0.39 is 0 Å². The van der Waals surface area contributed by atoms with Crippen molar-refractivity contribution < 1.29 is 0 Å². The molecule has 0 amide bonds. The third kappa shape index (κ3) is 3.34. The molecule has 7 nitrogen and oxygen atoms in total. The molecule has 25 heavy (non-hydrogen) atoms. The van der Waals surface area contributed by atoms with Crippen molar-refractivity contribution in [3.63, 3.8) is 0 Å². The van der Waals surface area contributed by atoms with Crippen molar-refractivity contribution in [3.05, 3.63) is 54.6 Å². The first kappa shape index (κ1) is 15.6. The summed E-state index contributed by atoms with van der Waals surface area (Å²) in [5.74, 6) is 0.691. The Bertz CT molecular complexity index is 964. The van der Waals surface area contributed by atoms with Crippen molar-refractivity contribution in [1.29, 1.82) is 0 Å². The van der Waals surface area contributed by atoms with Gasteiger partial charge in [-0.25, -0.2) is 9.97 Å². The number of hydrogen-bond acceptors (Lipinski definition) is 6. The summed E-state index contributed by atoms with van der Waals surface area (Å²) < 4.78 is 1.76. The predicted octanol–water partition coefficient (Wildman–Crippen LogP) is 2.89. The van der Waals surface area contributed by atoms with Gasteiger partial charge in [0.15, 0.2) is 10.8 Å². The number of nitrogens with one attached hydrogen (secondary N) is 2. The van der Waals surface area contributed by atoms with E-state index in [1.165, 1.54) is 11.8 Å². The Hall–Kier alpha value is -2.87. The summed E-state index contributed by atoms with van der Waals surface area (Å²) in [5, 5.41) is 8.75. The summed E-state index contributed by atoms with van der Waals surface area (Å²) in [6.45, 7) is 0.725. The lowest BCUT2D eigenvalue weighted by molar-refractivity contribution is 0.825. The molecule has 0 spiro atoms. The fraction of sp³-hybridized carbons (Fsp3) is 0.176. The molecule has 0 aliphatic heterocycles. The molecule has 0 saturated heterocycles. The quantitative estimate of drug-likeness (QED) is 0.520. The first-order valence-corrected chi connectivity index (χ1v) is 9.14. The first-order chi connectivity index (χ1) is 12.3. The summed E-state index contributed by atoms with van der Waals surface area (Å²) in [6.07, 6.45) is 6.30. The van der Waals surface area contributed by atoms with Crippen LogP contribution in [0, 0.1) is 0 Å². The van der Waals surface area contributed by atoms with Crippen LogP contribution in [0.3, 0.4) is 0 Å². The van der Waals surface area contributed by atoms with Crippen LogP contribution in [0.5, 0.6) is 0 Å². The van der Waals surface area contributed by atoms with Crippen molar-refractivity contribution in [2.24, 2.45) is 0 Å². The Morgan fingerprint density at radius 2 is 2.08 bits per heavy atom. The van der Waals surface area contributed by atoms with E-state index in [1.807, 2.05) is 48.9 Å². The zero-order valence-electron chi connectivity index (χ0n) is 13.7. The summed E-state index contributed by atoms with van der Waals surface area (Å²) >= 11 is 1.51. The number of fused-ring (bicyclic) bond motifs is 1. The molecule has 2 N–H and O–H groups in total. The normalized spacial score (nSPS) is 11.1. The third-order valence-electron chi connectivity index (χ3n) is 3.79. The van der Waals surface area contributed by atoms with Crippen LogP contribution in [-0.2, 0) is 6.42 Å². The van der Waals surface area contributed by atoms with Crippen LogP contribution >= 0.6 is 11.8 Å². The van der Waals surface area contributed by atoms with E-state index in [1.54, 1.807) is 10.8 Å². The maximum absolute atomic E-state index is 4.67. The number of rotatable bonds is 6. The van der Waals surface area contributed by atoms with E-state index in [9.17, 15) is 0 Å². The Kier molecular flexibility index (Phi) is 4.34. The molecular weight excluding hydrogens is 334 g/mol. The van der Waals surface area contributed by atoms with E-state index >= 15 is 0 Å². The van der Waals surface area contributed by atoms with Gasteiger partial charge in [0.2, 0.25) is 5.95 Å². The Morgan fingerprint density at radius 3 is 2.84 bits per heavy atom. The number of hydrogen-bond donors (Lipinski definition) is 2. The van der Waals surface area contributed by atoms with E-state index in [2.05, 4.69) is 30.4 Å². The zero-order valence-corrected chi connectivity index (χ0v) is 14.5. The minimum atomic E-state index is 0.691. The van der Waals surface area contributed by atoms with Crippen molar-refractivity contribution in [2.45, 2.75) is 11.6 Å². The number of anilines is 1. The number of thioether (sulfide) groups is 1. The van der Waals surface area contributed by atoms with Crippen molar-refractivity contribution in [1.82, 2.24) is 29.5 Å². The predicted molar refractivity (Wildman–Crippen MR) is 98.8 cm³/mol. The molecule has 0 aliphatic carbocycles. The van der Waals surface area contributed by atoms with Crippen molar-refractivity contribution in [3.8, 4) is 11.3 Å². The molecule has 3 heterocycles. The lowest BCUT2D eigenvalue weighted by atomic mass is 10.2. The highest BCUT2D eigenvalue weighted by Crippen LogP contribution is 2.22. The number of H-pyrrole nitrogens is 1. The van der Waals surface area contributed by atoms with Gasteiger partial charge in [-0.3, -0.25) is 0 Å². The lowest BCUT2D eigenvalue weighted by Gasteiger charge is -2.07. The maximum Gasteiger partial charge on any atom is 0.228 e. The number of imidazole rings is 1. The number of nitrogens with zero attached hydrogens (tertiary/aromatic N) is 5. The molecule has 0 bridgehead atoms. The largest absolute Gasteiger partial charge is 0.354 e. The van der Waals surface area contributed by atoms with Gasteiger partial charge < -0.3 is 10.3 Å². The van der Waals surface area contributed by atoms with E-state index in [-0.39, 0.29) is 0 Å². The number of aromatic nitrogens is 6. The molecule has 8 heteroatoms. The highest BCUT2D eigenvalue weighted by Gasteiger charge is 2.12. The minimum absolute atomic E-state index is 0.691. The second kappa shape index (κ2) is 6.94. The van der Waals surface area contributed by atoms with Gasteiger partial charge in [0.25, 0.3) is 0 Å². The summed E-state index contributed by atoms with van der Waals surface area (Å²) in [5.41, 5.74) is 3.79. The smallest absolute Gasteiger partial charge is 0.228 e. The number of aromatic amines is 1. The van der Waals surface area contributed by atoms with Crippen LogP contribution < -0.4 is 5.32 Å². The van der Waals surface area contributed by atoms with Crippen LogP contribution in [0.25, 0.3) is 16.9 Å². The summed E-state index contributed by atoms with van der Waals surface area (Å²) in [6, 6.07) is 12.1. The molecule has 0 unspecified atom stereocenters. The molecule has 0 atom stereocenters. The van der Waals surface area contributed by atoms with E-state index in [0.29, 0.717) is 5.95 Å². The average molecular weight is 351 g/mol. The van der Waals surface area contributed by atoms with Gasteiger partial charge in [-0.05, 0) is 6.26 Å². The summed E-state index contributed by atoms with van der Waals surface area (Å²) in [7, 11) is 0. The second-order valence-corrected chi connectivity index (χ2v) is 6.23. The lowest BCUT2D eigenvalue weighted by Crippen LogP contribution is -2.12. The molecule has 0 fully saturated rings. The Balaban J connectivity index is 1.65. The minimum Gasteiger partial charge on any atom is -0.354 e. The standard InChI is InChI=1S/C17H17N7S/c1-25-17-21-15-9-14(12-5-3-2-4-6-12)23-24(15)16(22-17)19-8-7-13-10-18-11-20-13/h2-6,9-11H,7-8H2,1H3,(H,18,20)(H,19,21,22). The molecule has 3 aromatic heterocycles. The second-order valence-electron chi connectivity index (χ2n) is 5.45. The molecule has 4 aromatic rings. The topological polar surface area (TPSA) is 83.8 Å². The van der Waals surface area contributed by atoms with Gasteiger partial charge in [-0.1, -0.05) is 42.1 Å². The van der Waals surface area contributed by atoms with Gasteiger partial charge in [0.05, 0.1) is 12.0 Å². The molecule has 0 saturated carbocycles. The molecule has 1 aromatic carbocycles. The highest BCUT2D eigenvalue weighted by atomic mass is 32.2. The monoisotopic (exact) mass is 351 g/mol. The van der Waals surface area contributed by atoms with Gasteiger partial charge in [-0.2, -0.15) is 14.6 Å². The van der Waals surface area contributed by atoms with Gasteiger partial charge in [0, 0.05) is 36.5 Å². The highest BCUT2D eigenvalue weighted by molar-refractivity contribution is 7.98. The first-order valence-electron chi connectivity index (χ1n) is 7.92. The van der Waals surface area contributed by atoms with Gasteiger partial charge in [-0.15, -0.1) is 0 Å². The van der Waals surface area contributed by atoms with Crippen LogP contribution in [0.1, 0.15) is 5.69 Å². The fourth-order valence-corrected chi connectivity index (χ4v) is 2.92.